The lowest BCUT2D eigenvalue weighted by molar-refractivity contribution is 0.0806. The van der Waals surface area contributed by atoms with Gasteiger partial charge in [-0.15, -0.1) is 0 Å². The van der Waals surface area contributed by atoms with E-state index in [1.807, 2.05) is 0 Å². The van der Waals surface area contributed by atoms with Crippen molar-refractivity contribution in [1.82, 2.24) is 4.90 Å². The highest BCUT2D eigenvalue weighted by Crippen LogP contribution is 2.18. The lowest BCUT2D eigenvalue weighted by Gasteiger charge is -2.29. The molecule has 0 aromatic rings. The summed E-state index contributed by atoms with van der Waals surface area (Å²) in [5, 5.41) is 0. The van der Waals surface area contributed by atoms with Crippen LogP contribution in [0.1, 0.15) is 27.7 Å². The van der Waals surface area contributed by atoms with Crippen LogP contribution < -0.4 is 0 Å². The molecule has 0 amide bonds. The van der Waals surface area contributed by atoms with Gasteiger partial charge in [0.05, 0.1) is 0 Å². The van der Waals surface area contributed by atoms with Crippen LogP contribution in [0.4, 0.5) is 0 Å². The second-order valence-corrected chi connectivity index (χ2v) is 3.84. The minimum atomic E-state index is 0.481. The molecule has 0 rings (SSSR count). The van der Waals surface area contributed by atoms with E-state index in [0.29, 0.717) is 27.0 Å². The third-order valence-corrected chi connectivity index (χ3v) is 2.09. The third-order valence-electron chi connectivity index (χ3n) is 1.58. The van der Waals surface area contributed by atoms with Crippen LogP contribution in [0.15, 0.2) is 0 Å². The Kier molecular flexibility index (Phi) is 6.55. The van der Waals surface area contributed by atoms with Crippen LogP contribution in [-0.2, 0) is 4.52 Å². The molecular formula is C7H16ClNOP. The Bertz CT molecular complexity index is 92.4. The molecule has 2 nitrogen and oxygen atoms in total. The van der Waals surface area contributed by atoms with E-state index in [0.717, 1.165) is 0 Å². The molecule has 1 radical (unpaired) electrons. The van der Waals surface area contributed by atoms with Crippen molar-refractivity contribution >= 4 is 19.4 Å². The zero-order valence-corrected chi connectivity index (χ0v) is 9.19. The van der Waals surface area contributed by atoms with Gasteiger partial charge in [0.2, 0.25) is 0 Å². The van der Waals surface area contributed by atoms with Crippen LogP contribution in [-0.4, -0.2) is 23.7 Å². The zero-order chi connectivity index (χ0) is 8.85. The minimum absolute atomic E-state index is 0.481. The molecule has 0 N–H and O–H groups in total. The van der Waals surface area contributed by atoms with Crippen LogP contribution in [0.5, 0.6) is 0 Å². The average molecular weight is 197 g/mol. The second kappa shape index (κ2) is 6.19. The van der Waals surface area contributed by atoms with Crippen LogP contribution in [0.25, 0.3) is 0 Å². The normalized spacial score (nSPS) is 13.1. The predicted octanol–water partition coefficient (Wildman–Crippen LogP) is 3.09. The van der Waals surface area contributed by atoms with Crippen molar-refractivity contribution in [2.24, 2.45) is 0 Å². The van der Waals surface area contributed by atoms with Gasteiger partial charge in [0.1, 0.15) is 6.73 Å². The number of halogens is 1. The molecule has 0 heterocycles. The Morgan fingerprint density at radius 1 is 1.27 bits per heavy atom. The molecule has 4 heteroatoms. The maximum Gasteiger partial charge on any atom is 0.195 e. The molecule has 0 aliphatic heterocycles. The lowest BCUT2D eigenvalue weighted by Crippen LogP contribution is -2.37. The summed E-state index contributed by atoms with van der Waals surface area (Å²) in [4.78, 5) is 2.23. The quantitative estimate of drug-likeness (QED) is 0.495. The van der Waals surface area contributed by atoms with Crippen LogP contribution in [0.2, 0.25) is 0 Å². The Balaban J connectivity index is 3.70. The van der Waals surface area contributed by atoms with Gasteiger partial charge in [-0.25, -0.2) is 0 Å². The van der Waals surface area contributed by atoms with Gasteiger partial charge in [0.15, 0.2) is 8.16 Å². The van der Waals surface area contributed by atoms with Gasteiger partial charge in [-0.1, -0.05) is 11.2 Å². The highest BCUT2D eigenvalue weighted by molar-refractivity contribution is 7.64. The Labute approximate surface area is 75.9 Å². The molecule has 0 aromatic heterocycles. The van der Waals surface area contributed by atoms with Crippen molar-refractivity contribution in [1.29, 1.82) is 0 Å². The molecule has 11 heavy (non-hydrogen) atoms. The van der Waals surface area contributed by atoms with Crippen molar-refractivity contribution in [3.05, 3.63) is 0 Å². The summed E-state index contributed by atoms with van der Waals surface area (Å²) in [6.45, 7) is 9.20. The first-order valence-corrected chi connectivity index (χ1v) is 5.50. The van der Waals surface area contributed by atoms with Crippen molar-refractivity contribution in [3.8, 4) is 0 Å². The SMILES string of the molecule is CC(C)N(CO[P]Cl)C(C)C. The summed E-state index contributed by atoms with van der Waals surface area (Å²) in [5.74, 6) is 0. The van der Waals surface area contributed by atoms with Crippen LogP contribution in [0, 0.1) is 0 Å². The number of hydrogen-bond acceptors (Lipinski definition) is 2. The standard InChI is InChI=1S/C7H16ClNOP/c1-6(2)9(7(3)4)5-10-11-8/h6-7H,5H2,1-4H3. The smallest absolute Gasteiger partial charge is 0.195 e. The summed E-state index contributed by atoms with van der Waals surface area (Å²) in [5.41, 5.74) is 0. The molecule has 0 aliphatic carbocycles. The molecule has 0 bridgehead atoms. The van der Waals surface area contributed by atoms with Gasteiger partial charge in [-0.3, -0.25) is 4.90 Å². The lowest BCUT2D eigenvalue weighted by atomic mass is 10.2. The van der Waals surface area contributed by atoms with Gasteiger partial charge >= 0.3 is 0 Å². The molecule has 0 atom stereocenters. The third kappa shape index (κ3) is 4.97. The zero-order valence-electron chi connectivity index (χ0n) is 7.54. The van der Waals surface area contributed by atoms with Crippen LogP contribution in [0.3, 0.4) is 0 Å². The van der Waals surface area contributed by atoms with Crippen molar-refractivity contribution in [2.45, 2.75) is 39.8 Å². The summed E-state index contributed by atoms with van der Waals surface area (Å²) in [7, 11) is 0.481. The van der Waals surface area contributed by atoms with Gasteiger partial charge in [-0.2, -0.15) is 0 Å². The van der Waals surface area contributed by atoms with E-state index < -0.39 is 0 Å². The highest BCUT2D eigenvalue weighted by atomic mass is 35.7. The molecule has 0 unspecified atom stereocenters. The second-order valence-electron chi connectivity index (χ2n) is 3.03. The van der Waals surface area contributed by atoms with Gasteiger partial charge in [0, 0.05) is 12.1 Å². The van der Waals surface area contributed by atoms with E-state index in [-0.39, 0.29) is 0 Å². The first-order valence-electron chi connectivity index (χ1n) is 3.78. The summed E-state index contributed by atoms with van der Waals surface area (Å²) >= 11 is 5.38. The molecule has 0 aromatic carbocycles. The summed E-state index contributed by atoms with van der Waals surface area (Å²) < 4.78 is 5.08. The fraction of sp³-hybridized carbons (Fsp3) is 1.00. The molecule has 0 aliphatic rings. The summed E-state index contributed by atoms with van der Waals surface area (Å²) in [6, 6.07) is 1.02. The van der Waals surface area contributed by atoms with Crippen molar-refractivity contribution < 1.29 is 4.52 Å². The van der Waals surface area contributed by atoms with E-state index in [1.165, 1.54) is 0 Å². The topological polar surface area (TPSA) is 12.5 Å². The van der Waals surface area contributed by atoms with E-state index in [9.17, 15) is 0 Å². The number of rotatable bonds is 5. The number of hydrogen-bond donors (Lipinski definition) is 0. The average Bonchev–Trinajstić information content (AvgIpc) is 1.87. The molecule has 0 fully saturated rings. The van der Waals surface area contributed by atoms with Gasteiger partial charge in [0.25, 0.3) is 0 Å². The Hall–Kier alpha value is 0.640. The van der Waals surface area contributed by atoms with E-state index in [1.54, 1.807) is 0 Å². The number of nitrogens with zero attached hydrogens (tertiary/aromatic N) is 1. The molecule has 0 saturated heterocycles. The molecular weight excluding hydrogens is 181 g/mol. The predicted molar refractivity (Wildman–Crippen MR) is 50.8 cm³/mol. The molecule has 67 valence electrons. The van der Waals surface area contributed by atoms with Gasteiger partial charge in [-0.05, 0) is 27.7 Å². The molecule has 0 spiro atoms. The maximum atomic E-state index is 5.38. The maximum absolute atomic E-state index is 5.38. The van der Waals surface area contributed by atoms with Crippen molar-refractivity contribution in [3.63, 3.8) is 0 Å². The first kappa shape index (κ1) is 11.6. The van der Waals surface area contributed by atoms with E-state index in [4.69, 9.17) is 15.8 Å². The molecule has 0 saturated carbocycles. The van der Waals surface area contributed by atoms with E-state index >= 15 is 0 Å². The highest BCUT2D eigenvalue weighted by Gasteiger charge is 2.12. The summed E-state index contributed by atoms with van der Waals surface area (Å²) in [6.07, 6.45) is 0. The first-order chi connectivity index (χ1) is 5.09. The monoisotopic (exact) mass is 196 g/mol. The minimum Gasteiger partial charge on any atom is -0.322 e. The fourth-order valence-electron chi connectivity index (χ4n) is 0.983. The van der Waals surface area contributed by atoms with Crippen molar-refractivity contribution in [2.75, 3.05) is 6.73 Å². The van der Waals surface area contributed by atoms with Gasteiger partial charge < -0.3 is 4.52 Å². The largest absolute Gasteiger partial charge is 0.322 e. The van der Waals surface area contributed by atoms with E-state index in [2.05, 4.69) is 32.6 Å². The Morgan fingerprint density at radius 3 is 2.00 bits per heavy atom. The Morgan fingerprint density at radius 2 is 1.73 bits per heavy atom. The van der Waals surface area contributed by atoms with Crippen LogP contribution >= 0.6 is 19.4 Å². The fourth-order valence-corrected chi connectivity index (χ4v) is 1.29.